The average molecular weight is 244 g/mol. The number of halogens is 1. The second-order valence-corrected chi connectivity index (χ2v) is 5.46. The van der Waals surface area contributed by atoms with Crippen molar-refractivity contribution in [2.24, 2.45) is 5.41 Å². The van der Waals surface area contributed by atoms with Crippen LogP contribution < -0.4 is 5.32 Å². The molecule has 0 saturated carbocycles. The monoisotopic (exact) mass is 243 g/mol. The predicted octanol–water partition coefficient (Wildman–Crippen LogP) is 2.79. The number of hydrogen-bond donors (Lipinski definition) is 1. The van der Waals surface area contributed by atoms with Crippen LogP contribution in [0.4, 0.5) is 0 Å². The summed E-state index contributed by atoms with van der Waals surface area (Å²) in [4.78, 5) is 0. The first-order valence-electron chi connectivity index (χ1n) is 5.77. The fourth-order valence-electron chi connectivity index (χ4n) is 1.75. The first-order valence-corrected chi connectivity index (χ1v) is 6.15. The van der Waals surface area contributed by atoms with Gasteiger partial charge in [-0.25, -0.2) is 0 Å². The minimum Gasteiger partial charge on any atom is -0.316 e. The van der Waals surface area contributed by atoms with E-state index in [9.17, 15) is 0 Å². The highest BCUT2D eigenvalue weighted by Gasteiger charge is 2.20. The molecule has 1 N–H and O–H groups in total. The highest BCUT2D eigenvalue weighted by molar-refractivity contribution is 6.31. The first-order chi connectivity index (χ1) is 7.37. The number of rotatable bonds is 5. The van der Waals surface area contributed by atoms with Crippen LogP contribution in [0.2, 0.25) is 5.02 Å². The van der Waals surface area contributed by atoms with Gasteiger partial charge in [0, 0.05) is 13.1 Å². The van der Waals surface area contributed by atoms with E-state index in [2.05, 4.69) is 31.2 Å². The van der Waals surface area contributed by atoms with E-state index in [1.165, 1.54) is 0 Å². The van der Waals surface area contributed by atoms with Crippen molar-refractivity contribution in [1.82, 2.24) is 15.1 Å². The molecule has 0 aliphatic rings. The van der Waals surface area contributed by atoms with Gasteiger partial charge >= 0.3 is 0 Å². The van der Waals surface area contributed by atoms with Crippen molar-refractivity contribution in [2.45, 2.75) is 41.2 Å². The Bertz CT molecular complexity index is 355. The number of aromatic nitrogens is 2. The number of aryl methyl sites for hydroxylation is 1. The van der Waals surface area contributed by atoms with Crippen LogP contribution in [0.5, 0.6) is 0 Å². The van der Waals surface area contributed by atoms with Crippen LogP contribution in [0.3, 0.4) is 0 Å². The molecule has 0 aliphatic heterocycles. The van der Waals surface area contributed by atoms with E-state index >= 15 is 0 Å². The van der Waals surface area contributed by atoms with Crippen molar-refractivity contribution in [3.8, 4) is 0 Å². The summed E-state index contributed by atoms with van der Waals surface area (Å²) in [6.07, 6.45) is 0. The van der Waals surface area contributed by atoms with Gasteiger partial charge in [-0.1, -0.05) is 32.4 Å². The van der Waals surface area contributed by atoms with Crippen molar-refractivity contribution in [1.29, 1.82) is 0 Å². The molecular weight excluding hydrogens is 222 g/mol. The summed E-state index contributed by atoms with van der Waals surface area (Å²) in [5.41, 5.74) is 2.16. The zero-order valence-corrected chi connectivity index (χ0v) is 11.6. The van der Waals surface area contributed by atoms with Crippen LogP contribution in [-0.2, 0) is 6.54 Å². The quantitative estimate of drug-likeness (QED) is 0.862. The van der Waals surface area contributed by atoms with Crippen LogP contribution >= 0.6 is 11.6 Å². The average Bonchev–Trinajstić information content (AvgIpc) is 2.43. The molecule has 3 nitrogen and oxygen atoms in total. The fourth-order valence-corrected chi connectivity index (χ4v) is 1.89. The fraction of sp³-hybridized carbons (Fsp3) is 0.750. The largest absolute Gasteiger partial charge is 0.316 e. The summed E-state index contributed by atoms with van der Waals surface area (Å²) in [7, 11) is 0. The summed E-state index contributed by atoms with van der Waals surface area (Å²) in [6.45, 7) is 13.4. The molecule has 1 rings (SSSR count). The Labute approximate surface area is 103 Å². The summed E-state index contributed by atoms with van der Waals surface area (Å²) < 4.78 is 2.01. The van der Waals surface area contributed by atoms with Crippen molar-refractivity contribution < 1.29 is 0 Å². The maximum Gasteiger partial charge on any atom is 0.0844 e. The number of nitrogens with one attached hydrogen (secondary N) is 1. The van der Waals surface area contributed by atoms with Gasteiger partial charge in [0.05, 0.1) is 16.4 Å². The van der Waals surface area contributed by atoms with Gasteiger partial charge in [-0.05, 0) is 25.8 Å². The van der Waals surface area contributed by atoms with E-state index in [1.54, 1.807) is 0 Å². The van der Waals surface area contributed by atoms with Crippen molar-refractivity contribution in [3.05, 3.63) is 16.4 Å². The van der Waals surface area contributed by atoms with E-state index in [0.29, 0.717) is 0 Å². The third kappa shape index (κ3) is 3.22. The van der Waals surface area contributed by atoms with Crippen LogP contribution in [0, 0.1) is 19.3 Å². The SMILES string of the molecule is CCNCC(C)(C)Cn1nc(C)c(Cl)c1C. The van der Waals surface area contributed by atoms with Crippen molar-refractivity contribution in [3.63, 3.8) is 0 Å². The molecule has 0 amide bonds. The van der Waals surface area contributed by atoms with Gasteiger partial charge in [0.15, 0.2) is 0 Å². The van der Waals surface area contributed by atoms with Crippen LogP contribution in [0.25, 0.3) is 0 Å². The zero-order valence-electron chi connectivity index (χ0n) is 10.9. The molecule has 0 spiro atoms. The predicted molar refractivity (Wildman–Crippen MR) is 69.0 cm³/mol. The lowest BCUT2D eigenvalue weighted by molar-refractivity contribution is 0.275. The molecule has 1 heterocycles. The highest BCUT2D eigenvalue weighted by atomic mass is 35.5. The second-order valence-electron chi connectivity index (χ2n) is 5.09. The standard InChI is InChI=1S/C12H22ClN3/c1-6-14-7-12(4,5)8-16-10(3)11(13)9(2)15-16/h14H,6-8H2,1-5H3. The molecule has 4 heteroatoms. The van der Waals surface area contributed by atoms with Gasteiger partial charge in [-0.3, -0.25) is 4.68 Å². The second kappa shape index (κ2) is 5.19. The lowest BCUT2D eigenvalue weighted by Crippen LogP contribution is -2.33. The Kier molecular flexibility index (Phi) is 4.39. The minimum absolute atomic E-state index is 0.183. The maximum atomic E-state index is 6.13. The lowest BCUT2D eigenvalue weighted by atomic mass is 9.93. The first kappa shape index (κ1) is 13.5. The minimum atomic E-state index is 0.183. The van der Waals surface area contributed by atoms with E-state index in [4.69, 9.17) is 11.6 Å². The van der Waals surface area contributed by atoms with Gasteiger partial charge in [-0.15, -0.1) is 0 Å². The summed E-state index contributed by atoms with van der Waals surface area (Å²) in [5, 5.41) is 8.63. The van der Waals surface area contributed by atoms with E-state index < -0.39 is 0 Å². The number of hydrogen-bond acceptors (Lipinski definition) is 2. The summed E-state index contributed by atoms with van der Waals surface area (Å²) in [5.74, 6) is 0. The summed E-state index contributed by atoms with van der Waals surface area (Å²) >= 11 is 6.13. The molecule has 0 aliphatic carbocycles. The van der Waals surface area contributed by atoms with Gasteiger partial charge in [0.25, 0.3) is 0 Å². The Morgan fingerprint density at radius 2 is 2.00 bits per heavy atom. The van der Waals surface area contributed by atoms with E-state index in [-0.39, 0.29) is 5.41 Å². The van der Waals surface area contributed by atoms with Crippen LogP contribution in [-0.4, -0.2) is 22.9 Å². The van der Waals surface area contributed by atoms with E-state index in [1.807, 2.05) is 18.5 Å². The molecular formula is C12H22ClN3. The third-order valence-corrected chi connectivity index (χ3v) is 3.27. The normalized spacial score (nSPS) is 12.1. The van der Waals surface area contributed by atoms with Crippen LogP contribution in [0.1, 0.15) is 32.2 Å². The lowest BCUT2D eigenvalue weighted by Gasteiger charge is -2.25. The summed E-state index contributed by atoms with van der Waals surface area (Å²) in [6, 6.07) is 0. The van der Waals surface area contributed by atoms with Crippen molar-refractivity contribution >= 4 is 11.6 Å². The molecule has 0 unspecified atom stereocenters. The Balaban J connectivity index is 2.75. The molecule has 0 saturated heterocycles. The zero-order chi connectivity index (χ0) is 12.3. The van der Waals surface area contributed by atoms with Gasteiger partial charge in [0.1, 0.15) is 0 Å². The molecule has 16 heavy (non-hydrogen) atoms. The van der Waals surface area contributed by atoms with Gasteiger partial charge in [-0.2, -0.15) is 5.10 Å². The van der Waals surface area contributed by atoms with Crippen molar-refractivity contribution in [2.75, 3.05) is 13.1 Å². The van der Waals surface area contributed by atoms with E-state index in [0.717, 1.165) is 36.0 Å². The molecule has 0 bridgehead atoms. The molecule has 0 atom stereocenters. The number of nitrogens with zero attached hydrogens (tertiary/aromatic N) is 2. The maximum absolute atomic E-state index is 6.13. The topological polar surface area (TPSA) is 29.9 Å². The van der Waals surface area contributed by atoms with Gasteiger partial charge < -0.3 is 5.32 Å². The molecule has 92 valence electrons. The molecule has 0 fully saturated rings. The van der Waals surface area contributed by atoms with Gasteiger partial charge in [0.2, 0.25) is 0 Å². The van der Waals surface area contributed by atoms with Crippen LogP contribution in [0.15, 0.2) is 0 Å². The smallest absolute Gasteiger partial charge is 0.0844 e. The molecule has 0 radical (unpaired) electrons. The Morgan fingerprint density at radius 1 is 1.38 bits per heavy atom. The third-order valence-electron chi connectivity index (χ3n) is 2.72. The molecule has 1 aromatic heterocycles. The Hall–Kier alpha value is -0.540. The molecule has 1 aromatic rings. The Morgan fingerprint density at radius 3 is 2.44 bits per heavy atom. The highest BCUT2D eigenvalue weighted by Crippen LogP contribution is 2.23. The molecule has 0 aromatic carbocycles.